The zero-order valence-electron chi connectivity index (χ0n) is 33.8. The summed E-state index contributed by atoms with van der Waals surface area (Å²) in [5, 5.41) is 33.9. The monoisotopic (exact) mass is 761 g/mol. The number of amides is 1. The summed E-state index contributed by atoms with van der Waals surface area (Å²) in [6, 6.07) is -1.10. The molecule has 54 heavy (non-hydrogen) atoms. The number of rotatable bonds is 5. The molecule has 0 aromatic rings. The van der Waals surface area contributed by atoms with E-state index in [0.29, 0.717) is 69.8 Å². The second kappa shape index (κ2) is 19.6. The van der Waals surface area contributed by atoms with Crippen LogP contribution in [0.1, 0.15) is 119 Å². The second-order valence-corrected chi connectivity index (χ2v) is 16.8. The zero-order valence-corrected chi connectivity index (χ0v) is 33.8. The molecule has 1 saturated carbocycles. The highest BCUT2D eigenvalue weighted by Gasteiger charge is 2.55. The van der Waals surface area contributed by atoms with Gasteiger partial charge in [-0.1, -0.05) is 45.4 Å². The number of ether oxygens (including phenoxy) is 4. The van der Waals surface area contributed by atoms with Gasteiger partial charge in [0.2, 0.25) is 5.79 Å². The molecule has 8 unspecified atom stereocenters. The summed E-state index contributed by atoms with van der Waals surface area (Å²) in [7, 11) is 3.13. The predicted octanol–water partition coefficient (Wildman–Crippen LogP) is 4.85. The van der Waals surface area contributed by atoms with Crippen LogP contribution in [0.4, 0.5) is 0 Å². The Morgan fingerprint density at radius 2 is 1.65 bits per heavy atom. The summed E-state index contributed by atoms with van der Waals surface area (Å²) in [6.07, 6.45) is 5.79. The van der Waals surface area contributed by atoms with Gasteiger partial charge >= 0.3 is 5.97 Å². The van der Waals surface area contributed by atoms with Crippen molar-refractivity contribution in [3.8, 4) is 0 Å². The number of aliphatic hydroxyl groups is 3. The summed E-state index contributed by atoms with van der Waals surface area (Å²) < 4.78 is 23.7. The van der Waals surface area contributed by atoms with Gasteiger partial charge in [-0.15, -0.1) is 0 Å². The molecule has 3 N–H and O–H groups in total. The van der Waals surface area contributed by atoms with Crippen LogP contribution in [0.2, 0.25) is 0 Å². The number of aliphatic hydroxyl groups excluding tert-OH is 2. The summed E-state index contributed by atoms with van der Waals surface area (Å²) in [5.74, 6) is -6.98. The van der Waals surface area contributed by atoms with Crippen molar-refractivity contribution in [3.63, 3.8) is 0 Å². The minimum Gasteiger partial charge on any atom is -0.456 e. The molecule has 3 aliphatic heterocycles. The minimum absolute atomic E-state index is 0.0123. The normalized spacial score (nSPS) is 41.3. The van der Waals surface area contributed by atoms with Crippen molar-refractivity contribution in [2.24, 2.45) is 29.6 Å². The number of cyclic esters (lactones) is 1. The molecule has 12 heteroatoms. The average molecular weight is 762 g/mol. The Kier molecular flexibility index (Phi) is 16.0. The van der Waals surface area contributed by atoms with E-state index in [1.807, 2.05) is 32.9 Å². The molecule has 13 atom stereocenters. The number of nitrogens with zero attached hydrogens (tertiary/aromatic N) is 1. The first-order valence-electron chi connectivity index (χ1n) is 20.3. The van der Waals surface area contributed by atoms with Crippen LogP contribution in [-0.2, 0) is 38.1 Å². The third kappa shape index (κ3) is 10.5. The van der Waals surface area contributed by atoms with E-state index in [0.717, 1.165) is 5.57 Å². The van der Waals surface area contributed by atoms with Crippen molar-refractivity contribution >= 4 is 23.4 Å². The lowest BCUT2D eigenvalue weighted by Gasteiger charge is -2.45. The second-order valence-electron chi connectivity index (χ2n) is 16.8. The summed E-state index contributed by atoms with van der Waals surface area (Å²) in [6.45, 7) is 11.4. The third-order valence-electron chi connectivity index (χ3n) is 12.6. The number of carbonyl (C=O) groups is 4. The fraction of sp³-hybridized carbons (Fsp3) is 0.810. The number of hydrogen-bond acceptors (Lipinski definition) is 11. The number of allylic oxidation sites excluding steroid dienone is 3. The Bertz CT molecular complexity index is 1380. The van der Waals surface area contributed by atoms with E-state index in [-0.39, 0.29) is 43.1 Å². The van der Waals surface area contributed by atoms with Crippen LogP contribution < -0.4 is 0 Å². The van der Waals surface area contributed by atoms with E-state index in [4.69, 9.17) is 18.9 Å². The van der Waals surface area contributed by atoms with Gasteiger partial charge in [0.25, 0.3) is 11.7 Å². The van der Waals surface area contributed by atoms with E-state index >= 15 is 0 Å². The molecule has 4 aliphatic rings. The summed E-state index contributed by atoms with van der Waals surface area (Å²) >= 11 is 0. The number of methoxy groups -OCH3 is 2. The number of piperidine rings is 1. The number of esters is 1. The van der Waals surface area contributed by atoms with Crippen molar-refractivity contribution in [3.05, 3.63) is 23.3 Å². The van der Waals surface area contributed by atoms with Crippen LogP contribution in [0.5, 0.6) is 0 Å². The van der Waals surface area contributed by atoms with E-state index < -0.39 is 77.8 Å². The molecule has 4 rings (SSSR count). The largest absolute Gasteiger partial charge is 0.456 e. The highest BCUT2D eigenvalue weighted by atomic mass is 16.7. The van der Waals surface area contributed by atoms with Crippen molar-refractivity contribution in [1.29, 1.82) is 0 Å². The van der Waals surface area contributed by atoms with Crippen molar-refractivity contribution < 1.29 is 53.4 Å². The van der Waals surface area contributed by atoms with Crippen LogP contribution in [0, 0.1) is 29.6 Å². The lowest BCUT2D eigenvalue weighted by atomic mass is 9.81. The number of ketones is 2. The molecule has 12 nitrogen and oxygen atoms in total. The molecule has 2 saturated heterocycles. The Labute approximate surface area is 322 Å². The first kappa shape index (κ1) is 44.2. The minimum atomic E-state index is -2.40. The van der Waals surface area contributed by atoms with Gasteiger partial charge < -0.3 is 39.2 Å². The fourth-order valence-corrected chi connectivity index (χ4v) is 9.09. The van der Waals surface area contributed by atoms with E-state index in [9.17, 15) is 34.5 Å². The third-order valence-corrected chi connectivity index (χ3v) is 12.6. The topological polar surface area (TPSA) is 169 Å². The van der Waals surface area contributed by atoms with Gasteiger partial charge in [-0.05, 0) is 102 Å². The number of carbonyl (C=O) groups excluding carboxylic acids is 4. The average Bonchev–Trinajstić information content (AvgIpc) is 3.15. The number of fused-ring (bicyclic) bond motifs is 3. The van der Waals surface area contributed by atoms with Crippen LogP contribution in [0.3, 0.4) is 0 Å². The lowest BCUT2D eigenvalue weighted by molar-refractivity contribution is -0.287. The Balaban J connectivity index is 1.73. The fourth-order valence-electron chi connectivity index (χ4n) is 9.09. The van der Waals surface area contributed by atoms with Gasteiger partial charge in [-0.3, -0.25) is 14.4 Å². The molecule has 1 amide bonds. The molecule has 306 valence electrons. The highest BCUT2D eigenvalue weighted by molar-refractivity contribution is 6.39. The van der Waals surface area contributed by atoms with E-state index in [1.54, 1.807) is 28.1 Å². The van der Waals surface area contributed by atoms with Gasteiger partial charge in [0.15, 0.2) is 0 Å². The summed E-state index contributed by atoms with van der Waals surface area (Å²) in [4.78, 5) is 57.3. The zero-order chi connectivity index (χ0) is 39.9. The van der Waals surface area contributed by atoms with Crippen molar-refractivity contribution in [2.75, 3.05) is 20.8 Å². The predicted molar refractivity (Wildman–Crippen MR) is 202 cm³/mol. The number of Topliss-reactive ketones (excluding diaryl/α,β-unsaturated/α-hetero) is 2. The maximum absolute atomic E-state index is 14.2. The standard InChI is InChI=1S/C42H67NO11/c1-9-30-19-25(3)18-24(2)13-16-35-37(52-8)21-27(5)42(50,54-35)39(47)40(48)43-17-11-10-12-31(43)41(49)53-38(28(6)33(45)23-34(30)46)26(4)20-29-14-15-32(44)36(22-29)51-7/h19-20,24,27-33,35-38,44-45,50H,9-18,21-23H2,1-8H3/b25-19+,26-20+/t24-,27-,28-,29+,30-,31?,32?,33?,35?,36?,37?,38?,42?/m1/s1. The number of hydrogen-bond donors (Lipinski definition) is 3. The van der Waals surface area contributed by atoms with Crippen LogP contribution in [0.25, 0.3) is 0 Å². The molecule has 0 radical (unpaired) electrons. The SMILES string of the molecule is CC[C@@H]1/C=C(\C)C[C@H](C)CCC2OC(O)(C(=O)C(=O)N3CCCCC3C(=O)OC(/C(C)=C/[C@@H]3CCC(O)C(OC)C3)[C@H](C)C(O)CC1=O)[C@H](C)CC2OC. The molecule has 2 bridgehead atoms. The molecule has 0 aromatic heterocycles. The summed E-state index contributed by atoms with van der Waals surface area (Å²) in [5.41, 5.74) is 1.72. The first-order chi connectivity index (χ1) is 25.5. The molecular formula is C42H67NO11. The van der Waals surface area contributed by atoms with Crippen molar-refractivity contribution in [1.82, 2.24) is 4.90 Å². The maximum Gasteiger partial charge on any atom is 0.329 e. The van der Waals surface area contributed by atoms with Gasteiger partial charge in [-0.25, -0.2) is 4.79 Å². The van der Waals surface area contributed by atoms with E-state index in [1.165, 1.54) is 4.90 Å². The quantitative estimate of drug-likeness (QED) is 0.199. The molecule has 1 aliphatic carbocycles. The highest BCUT2D eigenvalue weighted by Crippen LogP contribution is 2.38. The lowest BCUT2D eigenvalue weighted by Crippen LogP contribution is -2.62. The maximum atomic E-state index is 14.2. The molecule has 0 spiro atoms. The van der Waals surface area contributed by atoms with Gasteiger partial charge in [0.05, 0.1) is 30.5 Å². The van der Waals surface area contributed by atoms with Crippen LogP contribution in [0.15, 0.2) is 23.3 Å². The van der Waals surface area contributed by atoms with Gasteiger partial charge in [-0.2, -0.15) is 0 Å². The first-order valence-corrected chi connectivity index (χ1v) is 20.3. The Morgan fingerprint density at radius 3 is 2.31 bits per heavy atom. The van der Waals surface area contributed by atoms with Crippen LogP contribution in [-0.4, -0.2) is 113 Å². The van der Waals surface area contributed by atoms with Crippen LogP contribution >= 0.6 is 0 Å². The molecular weight excluding hydrogens is 694 g/mol. The van der Waals surface area contributed by atoms with Crippen molar-refractivity contribution in [2.45, 2.75) is 167 Å². The smallest absolute Gasteiger partial charge is 0.329 e. The molecule has 0 aromatic carbocycles. The molecule has 3 heterocycles. The Morgan fingerprint density at radius 1 is 0.944 bits per heavy atom. The van der Waals surface area contributed by atoms with Gasteiger partial charge in [0, 0.05) is 44.9 Å². The van der Waals surface area contributed by atoms with E-state index in [2.05, 4.69) is 6.92 Å². The molecule has 3 fully saturated rings. The van der Waals surface area contributed by atoms with Gasteiger partial charge in [0.1, 0.15) is 17.9 Å². The Hall–Kier alpha value is -2.48.